The van der Waals surface area contributed by atoms with Crippen molar-refractivity contribution in [1.82, 2.24) is 9.97 Å². The number of aliphatic carboxylic acids is 2. The zero-order chi connectivity index (χ0) is 26.7. The molecule has 0 aliphatic carbocycles. The molecule has 1 aromatic heterocycles. The second-order valence-electron chi connectivity index (χ2n) is 7.12. The van der Waals surface area contributed by atoms with Crippen molar-refractivity contribution in [2.75, 3.05) is 0 Å². The number of rotatable bonds is 4. The summed E-state index contributed by atoms with van der Waals surface area (Å²) in [5, 5.41) is 15.3. The first kappa shape index (κ1) is 33.8. The summed E-state index contributed by atoms with van der Waals surface area (Å²) in [6, 6.07) is 21.0. The molecule has 1 heterocycles. The first-order valence-electron chi connectivity index (χ1n) is 10.4. The van der Waals surface area contributed by atoms with E-state index in [1.54, 1.807) is 54.6 Å². The average molecular weight is 585 g/mol. The van der Waals surface area contributed by atoms with Gasteiger partial charge in [-0.05, 0) is 30.3 Å². The molecule has 4 rings (SSSR count). The van der Waals surface area contributed by atoms with Crippen LogP contribution in [-0.4, -0.2) is 49.6 Å². The van der Waals surface area contributed by atoms with Crippen LogP contribution >= 0.6 is 11.6 Å². The van der Waals surface area contributed by atoms with Gasteiger partial charge in [0, 0.05) is 46.8 Å². The Labute approximate surface area is 232 Å². The smallest absolute Gasteiger partial charge is 0.300 e. The summed E-state index contributed by atoms with van der Waals surface area (Å²) in [4.78, 5) is 54.6. The minimum Gasteiger partial charge on any atom is -0.481 e. The summed E-state index contributed by atoms with van der Waals surface area (Å²) in [6.45, 7) is 2.17. The third-order valence-corrected chi connectivity index (χ3v) is 4.43. The van der Waals surface area contributed by atoms with Gasteiger partial charge in [0.05, 0.1) is 22.9 Å². The van der Waals surface area contributed by atoms with E-state index in [0.29, 0.717) is 32.9 Å². The second kappa shape index (κ2) is 16.6. The molecule has 0 fully saturated rings. The number of para-hydroxylation sites is 2. The van der Waals surface area contributed by atoms with Gasteiger partial charge < -0.3 is 20.7 Å². The van der Waals surface area contributed by atoms with Crippen LogP contribution in [-0.2, 0) is 26.4 Å². The monoisotopic (exact) mass is 584 g/mol. The fourth-order valence-electron chi connectivity index (χ4n) is 2.81. The number of hydrogen-bond acceptors (Lipinski definition) is 6. The van der Waals surface area contributed by atoms with E-state index in [1.165, 1.54) is 6.21 Å². The Kier molecular flexibility index (Phi) is 14.7. The molecule has 0 atom stereocenters. The molecule has 12 heteroatoms. The maximum atomic E-state index is 12.9. The number of benzene rings is 3. The molecule has 10 nitrogen and oxygen atoms in total. The Bertz CT molecular complexity index is 1450. The van der Waals surface area contributed by atoms with Crippen LogP contribution < -0.4 is 5.56 Å². The van der Waals surface area contributed by atoms with Gasteiger partial charge in [-0.25, -0.2) is 4.98 Å². The van der Waals surface area contributed by atoms with Gasteiger partial charge in [-0.3, -0.25) is 24.2 Å². The summed E-state index contributed by atoms with van der Waals surface area (Å²) in [7, 11) is 0. The molecule has 0 aliphatic rings. The van der Waals surface area contributed by atoms with Crippen molar-refractivity contribution >= 4 is 52.3 Å². The van der Waals surface area contributed by atoms with E-state index in [4.69, 9.17) is 31.4 Å². The molecule has 201 valence electrons. The van der Waals surface area contributed by atoms with Crippen LogP contribution in [0.25, 0.3) is 11.0 Å². The molecular weight excluding hydrogens is 561 g/mol. The summed E-state index contributed by atoms with van der Waals surface area (Å²) in [5.41, 5.74) is 2.40. The molecule has 4 aromatic rings. The molecule has 3 aromatic carbocycles. The Balaban J connectivity index is 0.00000121. The van der Waals surface area contributed by atoms with Gasteiger partial charge in [0.25, 0.3) is 17.5 Å². The number of carbonyl (C=O) groups is 3. The largest absolute Gasteiger partial charge is 0.481 e. The van der Waals surface area contributed by atoms with Crippen LogP contribution in [0, 0.1) is 0 Å². The number of nitrogens with one attached hydrogen (secondary N) is 1. The molecule has 38 heavy (non-hydrogen) atoms. The molecule has 1 radical (unpaired) electrons. The van der Waals surface area contributed by atoms with Crippen molar-refractivity contribution in [1.29, 1.82) is 0 Å². The third kappa shape index (κ3) is 10.8. The second-order valence-corrected chi connectivity index (χ2v) is 7.56. The normalized spacial score (nSPS) is 9.55. The molecule has 0 aliphatic heterocycles. The number of hydrogen-bond donors (Lipinski definition) is 3. The van der Waals surface area contributed by atoms with Gasteiger partial charge in [0.2, 0.25) is 0 Å². The number of carbonyl (C=O) groups excluding carboxylic acids is 1. The van der Waals surface area contributed by atoms with E-state index >= 15 is 0 Å². The quantitative estimate of drug-likeness (QED) is 0.240. The average Bonchev–Trinajstić information content (AvgIpc) is 2.82. The van der Waals surface area contributed by atoms with Crippen molar-refractivity contribution in [2.24, 2.45) is 4.99 Å². The summed E-state index contributed by atoms with van der Waals surface area (Å²) >= 11 is 6.08. The van der Waals surface area contributed by atoms with E-state index in [1.807, 2.05) is 18.2 Å². The number of halogens is 1. The van der Waals surface area contributed by atoms with Gasteiger partial charge in [-0.1, -0.05) is 54.1 Å². The SMILES string of the molecule is CC(=O)O.CC(=O)O.O.O=C(c1ccccc1)c1cc(Cl)ccc1N=Cc1nc2ccccc2[nH]c1=O.[Co]. The summed E-state index contributed by atoms with van der Waals surface area (Å²) in [5.74, 6) is -1.87. The molecule has 5 N–H and O–H groups in total. The van der Waals surface area contributed by atoms with Crippen LogP contribution in [0.1, 0.15) is 35.5 Å². The fraction of sp³-hybridized carbons (Fsp3) is 0.0769. The molecule has 0 saturated carbocycles. The number of aliphatic imine (C=N–C) groups is 1. The van der Waals surface area contributed by atoms with Crippen molar-refractivity contribution < 1.29 is 46.9 Å². The number of H-pyrrole nitrogens is 1. The maximum absolute atomic E-state index is 12.9. The Hall–Kier alpha value is -4.16. The van der Waals surface area contributed by atoms with Crippen LogP contribution in [0.4, 0.5) is 5.69 Å². The van der Waals surface area contributed by atoms with E-state index in [9.17, 15) is 9.59 Å². The van der Waals surface area contributed by atoms with Crippen molar-refractivity contribution in [3.63, 3.8) is 0 Å². The minimum absolute atomic E-state index is 0. The van der Waals surface area contributed by atoms with Gasteiger partial charge in [0.1, 0.15) is 5.69 Å². The van der Waals surface area contributed by atoms with E-state index in [0.717, 1.165) is 13.8 Å². The van der Waals surface area contributed by atoms with Crippen molar-refractivity contribution in [3.05, 3.63) is 105 Å². The maximum Gasteiger partial charge on any atom is 0.300 e. The summed E-state index contributed by atoms with van der Waals surface area (Å²) in [6.07, 6.45) is 1.36. The molecule has 0 bridgehead atoms. The third-order valence-electron chi connectivity index (χ3n) is 4.19. The predicted molar refractivity (Wildman–Crippen MR) is 141 cm³/mol. The molecule has 0 unspecified atom stereocenters. The molecular formula is C26H24ClCoN3O7. The number of nitrogens with zero attached hydrogens (tertiary/aromatic N) is 2. The Morgan fingerprint density at radius 1 is 0.921 bits per heavy atom. The van der Waals surface area contributed by atoms with Crippen molar-refractivity contribution in [3.8, 4) is 0 Å². The minimum atomic E-state index is -0.833. The topological polar surface area (TPSA) is 181 Å². The number of aromatic nitrogens is 2. The van der Waals surface area contributed by atoms with Crippen LogP contribution in [0.3, 0.4) is 0 Å². The van der Waals surface area contributed by atoms with E-state index in [-0.39, 0.29) is 39.3 Å². The fourth-order valence-corrected chi connectivity index (χ4v) is 2.98. The number of carboxylic acid groups (broad SMARTS) is 2. The predicted octanol–water partition coefficient (Wildman–Crippen LogP) is 3.91. The van der Waals surface area contributed by atoms with Gasteiger partial charge >= 0.3 is 0 Å². The Morgan fingerprint density at radius 2 is 1.47 bits per heavy atom. The zero-order valence-corrected chi connectivity index (χ0v) is 21.9. The van der Waals surface area contributed by atoms with Gasteiger partial charge in [-0.15, -0.1) is 0 Å². The number of carboxylic acids is 2. The number of fused-ring (bicyclic) bond motifs is 1. The van der Waals surface area contributed by atoms with E-state index < -0.39 is 11.9 Å². The standard InChI is InChI=1S/C22H14ClN3O2.2C2H4O2.Co.H2O/c23-15-10-11-17(16(12-15)21(27)14-6-2-1-3-7-14)24-13-20-22(28)26-19-9-5-4-8-18(19)25-20;2*1-2(3)4;;/h1-13H,(H,26,28);2*1H3,(H,3,4);;1H2. The van der Waals surface area contributed by atoms with E-state index in [2.05, 4.69) is 15.0 Å². The van der Waals surface area contributed by atoms with Crippen LogP contribution in [0.2, 0.25) is 5.02 Å². The Morgan fingerprint density at radius 3 is 2.08 bits per heavy atom. The van der Waals surface area contributed by atoms with Crippen LogP contribution in [0.15, 0.2) is 82.6 Å². The molecule has 0 amide bonds. The number of ketones is 1. The number of aromatic amines is 1. The zero-order valence-electron chi connectivity index (χ0n) is 20.1. The first-order valence-corrected chi connectivity index (χ1v) is 10.8. The van der Waals surface area contributed by atoms with Crippen LogP contribution in [0.5, 0.6) is 0 Å². The summed E-state index contributed by atoms with van der Waals surface area (Å²) < 4.78 is 0. The van der Waals surface area contributed by atoms with Crippen molar-refractivity contribution in [2.45, 2.75) is 13.8 Å². The molecule has 0 saturated heterocycles. The first-order chi connectivity index (χ1) is 17.1. The van der Waals surface area contributed by atoms with Gasteiger partial charge in [0.15, 0.2) is 5.78 Å². The molecule has 0 spiro atoms. The van der Waals surface area contributed by atoms with Gasteiger partial charge in [-0.2, -0.15) is 0 Å².